The van der Waals surface area contributed by atoms with Gasteiger partial charge in [-0.15, -0.1) is 0 Å². The Labute approximate surface area is 103 Å². The van der Waals surface area contributed by atoms with Crippen molar-refractivity contribution in [2.45, 2.75) is 45.3 Å². The molecule has 2 rings (SSSR count). The monoisotopic (exact) mass is 234 g/mol. The highest BCUT2D eigenvalue weighted by molar-refractivity contribution is 5.00. The van der Waals surface area contributed by atoms with Gasteiger partial charge in [-0.3, -0.25) is 4.90 Å². The summed E-state index contributed by atoms with van der Waals surface area (Å²) in [6, 6.07) is 1.86. The Morgan fingerprint density at radius 1 is 1.24 bits per heavy atom. The van der Waals surface area contributed by atoms with Crippen LogP contribution in [-0.2, 0) is 6.54 Å². The maximum absolute atomic E-state index is 4.31. The zero-order chi connectivity index (χ0) is 12.5. The van der Waals surface area contributed by atoms with Crippen LogP contribution in [0.15, 0.2) is 18.5 Å². The summed E-state index contributed by atoms with van der Waals surface area (Å²) in [5, 5.41) is 3.58. The lowest BCUT2D eigenvalue weighted by Crippen LogP contribution is -2.65. The van der Waals surface area contributed by atoms with Crippen LogP contribution in [0.25, 0.3) is 0 Å². The molecule has 1 aliphatic heterocycles. The van der Waals surface area contributed by atoms with Gasteiger partial charge in [0.15, 0.2) is 0 Å². The first-order valence-electron chi connectivity index (χ1n) is 6.15. The fraction of sp³-hybridized carbons (Fsp3) is 0.692. The minimum Gasteiger partial charge on any atom is -0.309 e. The summed E-state index contributed by atoms with van der Waals surface area (Å²) < 4.78 is 0. The van der Waals surface area contributed by atoms with Crippen molar-refractivity contribution < 1.29 is 0 Å². The van der Waals surface area contributed by atoms with Gasteiger partial charge >= 0.3 is 0 Å². The normalized spacial score (nSPS) is 23.5. The molecule has 0 amide bonds. The molecule has 0 atom stereocenters. The van der Waals surface area contributed by atoms with E-state index in [0.29, 0.717) is 0 Å². The molecule has 0 aromatic carbocycles. The lowest BCUT2D eigenvalue weighted by Gasteiger charge is -2.49. The van der Waals surface area contributed by atoms with E-state index in [9.17, 15) is 0 Å². The van der Waals surface area contributed by atoms with Gasteiger partial charge in [0.2, 0.25) is 0 Å². The highest BCUT2D eigenvalue weighted by Crippen LogP contribution is 2.24. The van der Waals surface area contributed by atoms with Gasteiger partial charge in [0.05, 0.1) is 6.54 Å². The number of nitrogens with one attached hydrogen (secondary N) is 1. The minimum atomic E-state index is 0.148. The van der Waals surface area contributed by atoms with Crippen molar-refractivity contribution in [1.29, 1.82) is 0 Å². The van der Waals surface area contributed by atoms with E-state index in [1.807, 2.05) is 18.5 Å². The van der Waals surface area contributed by atoms with Crippen molar-refractivity contribution in [1.82, 2.24) is 20.2 Å². The second-order valence-electron chi connectivity index (χ2n) is 6.07. The number of hydrogen-bond donors (Lipinski definition) is 1. The van der Waals surface area contributed by atoms with Crippen LogP contribution in [0.5, 0.6) is 0 Å². The second-order valence-corrected chi connectivity index (χ2v) is 6.07. The maximum Gasteiger partial charge on any atom is 0.142 e. The molecule has 1 aromatic heterocycles. The van der Waals surface area contributed by atoms with E-state index in [-0.39, 0.29) is 11.1 Å². The molecule has 1 fully saturated rings. The van der Waals surface area contributed by atoms with Gasteiger partial charge in [-0.05, 0) is 33.8 Å². The minimum absolute atomic E-state index is 0.148. The zero-order valence-corrected chi connectivity index (χ0v) is 11.2. The zero-order valence-electron chi connectivity index (χ0n) is 11.2. The number of rotatable bonds is 2. The Hall–Kier alpha value is -1.00. The summed E-state index contributed by atoms with van der Waals surface area (Å²) in [5.74, 6) is 0.901. The average molecular weight is 234 g/mol. The molecule has 0 unspecified atom stereocenters. The quantitative estimate of drug-likeness (QED) is 0.840. The molecular weight excluding hydrogens is 212 g/mol. The summed E-state index contributed by atoms with van der Waals surface area (Å²) in [6.07, 6.45) is 3.62. The Kier molecular flexibility index (Phi) is 3.19. The van der Waals surface area contributed by atoms with E-state index in [1.54, 1.807) is 0 Å². The third-order valence-corrected chi connectivity index (χ3v) is 3.39. The molecule has 0 radical (unpaired) electrons. The molecular formula is C13H22N4. The van der Waals surface area contributed by atoms with Gasteiger partial charge in [-0.1, -0.05) is 0 Å². The molecule has 4 heteroatoms. The van der Waals surface area contributed by atoms with Crippen molar-refractivity contribution in [2.75, 3.05) is 13.1 Å². The molecule has 4 nitrogen and oxygen atoms in total. The standard InChI is InChI=1S/C13H22N4/c1-12(2)10-17(13(3,4)9-16-12)8-11-14-6-5-7-15-11/h5-7,16H,8-10H2,1-4H3. The lowest BCUT2D eigenvalue weighted by molar-refractivity contribution is 0.0303. The number of aromatic nitrogens is 2. The van der Waals surface area contributed by atoms with E-state index in [2.05, 4.69) is 47.9 Å². The van der Waals surface area contributed by atoms with Crippen LogP contribution < -0.4 is 5.32 Å². The fourth-order valence-electron chi connectivity index (χ4n) is 2.17. The summed E-state index contributed by atoms with van der Waals surface area (Å²) in [6.45, 7) is 11.8. The topological polar surface area (TPSA) is 41.1 Å². The Bertz CT molecular complexity index is 372. The summed E-state index contributed by atoms with van der Waals surface area (Å²) in [7, 11) is 0. The number of hydrogen-bond acceptors (Lipinski definition) is 4. The van der Waals surface area contributed by atoms with Gasteiger partial charge in [0.1, 0.15) is 5.82 Å². The van der Waals surface area contributed by atoms with E-state index >= 15 is 0 Å². The first-order chi connectivity index (χ1) is 7.89. The highest BCUT2D eigenvalue weighted by Gasteiger charge is 2.37. The van der Waals surface area contributed by atoms with Crippen LogP contribution in [0.4, 0.5) is 0 Å². The van der Waals surface area contributed by atoms with Crippen LogP contribution in [0.2, 0.25) is 0 Å². The Morgan fingerprint density at radius 2 is 1.88 bits per heavy atom. The van der Waals surface area contributed by atoms with E-state index in [0.717, 1.165) is 25.5 Å². The Balaban J connectivity index is 2.12. The molecule has 94 valence electrons. The molecule has 0 aliphatic carbocycles. The SMILES string of the molecule is CC1(C)CN(Cc2ncccn2)C(C)(C)CN1. The predicted molar refractivity (Wildman–Crippen MR) is 68.6 cm³/mol. The van der Waals surface area contributed by atoms with Gasteiger partial charge < -0.3 is 5.32 Å². The van der Waals surface area contributed by atoms with Crippen molar-refractivity contribution in [3.05, 3.63) is 24.3 Å². The fourth-order valence-corrected chi connectivity index (χ4v) is 2.17. The highest BCUT2D eigenvalue weighted by atomic mass is 15.3. The van der Waals surface area contributed by atoms with E-state index < -0.39 is 0 Å². The summed E-state index contributed by atoms with van der Waals surface area (Å²) in [4.78, 5) is 11.1. The summed E-state index contributed by atoms with van der Waals surface area (Å²) in [5.41, 5.74) is 0.305. The van der Waals surface area contributed by atoms with Gasteiger partial charge in [0.25, 0.3) is 0 Å². The van der Waals surface area contributed by atoms with Crippen molar-refractivity contribution in [2.24, 2.45) is 0 Å². The third kappa shape index (κ3) is 3.01. The largest absolute Gasteiger partial charge is 0.309 e. The van der Waals surface area contributed by atoms with Crippen LogP contribution in [0, 0.1) is 0 Å². The molecule has 1 aromatic rings. The van der Waals surface area contributed by atoms with Gasteiger partial charge in [0, 0.05) is 36.6 Å². The van der Waals surface area contributed by atoms with Crippen LogP contribution in [0.3, 0.4) is 0 Å². The molecule has 2 heterocycles. The van der Waals surface area contributed by atoms with Crippen LogP contribution in [0.1, 0.15) is 33.5 Å². The molecule has 0 bridgehead atoms. The first-order valence-corrected chi connectivity index (χ1v) is 6.15. The smallest absolute Gasteiger partial charge is 0.142 e. The van der Waals surface area contributed by atoms with E-state index in [4.69, 9.17) is 0 Å². The molecule has 1 aliphatic rings. The van der Waals surface area contributed by atoms with Gasteiger partial charge in [-0.2, -0.15) is 0 Å². The van der Waals surface area contributed by atoms with Crippen molar-refractivity contribution in [3.63, 3.8) is 0 Å². The summed E-state index contributed by atoms with van der Waals surface area (Å²) >= 11 is 0. The molecule has 0 spiro atoms. The molecule has 17 heavy (non-hydrogen) atoms. The second kappa shape index (κ2) is 4.35. The number of nitrogens with zero attached hydrogens (tertiary/aromatic N) is 3. The first kappa shape index (κ1) is 12.5. The maximum atomic E-state index is 4.31. The van der Waals surface area contributed by atoms with Crippen LogP contribution in [-0.4, -0.2) is 39.0 Å². The van der Waals surface area contributed by atoms with Crippen molar-refractivity contribution >= 4 is 0 Å². The molecule has 1 saturated heterocycles. The predicted octanol–water partition coefficient (Wildman–Crippen LogP) is 1.44. The van der Waals surface area contributed by atoms with Crippen molar-refractivity contribution in [3.8, 4) is 0 Å². The third-order valence-electron chi connectivity index (χ3n) is 3.39. The molecule has 0 saturated carbocycles. The average Bonchev–Trinajstić information content (AvgIpc) is 2.26. The van der Waals surface area contributed by atoms with Gasteiger partial charge in [-0.25, -0.2) is 9.97 Å². The lowest BCUT2D eigenvalue weighted by atomic mass is 9.91. The van der Waals surface area contributed by atoms with E-state index in [1.165, 1.54) is 0 Å². The number of piperazine rings is 1. The van der Waals surface area contributed by atoms with Crippen LogP contribution >= 0.6 is 0 Å². The molecule has 1 N–H and O–H groups in total. The Morgan fingerprint density at radius 3 is 2.53 bits per heavy atom.